The van der Waals surface area contributed by atoms with Gasteiger partial charge in [0.2, 0.25) is 5.95 Å². The second kappa shape index (κ2) is 6.37. The molecule has 0 radical (unpaired) electrons. The number of hydrogen-bond acceptors (Lipinski definition) is 7. The van der Waals surface area contributed by atoms with Crippen molar-refractivity contribution >= 4 is 18.4 Å². The summed E-state index contributed by atoms with van der Waals surface area (Å²) in [5, 5.41) is 34.4. The van der Waals surface area contributed by atoms with Crippen LogP contribution in [0.15, 0.2) is 12.1 Å². The van der Waals surface area contributed by atoms with Crippen LogP contribution in [0.4, 0.5) is 5.95 Å². The van der Waals surface area contributed by atoms with E-state index >= 15 is 0 Å². The number of nitrogens with zero attached hydrogens (tertiary/aromatic N) is 5. The minimum Gasteiger partial charge on any atom is -0.504 e. The molecule has 0 amide bonds. The van der Waals surface area contributed by atoms with E-state index in [0.717, 1.165) is 24.1 Å². The number of fused-ring (bicyclic) bond motifs is 1. The molecule has 0 spiro atoms. The highest BCUT2D eigenvalue weighted by molar-refractivity contribution is 5.85. The van der Waals surface area contributed by atoms with Gasteiger partial charge in [-0.15, -0.1) is 12.4 Å². The maximum Gasteiger partial charge on any atom is 0.245 e. The number of phenols is 2. The van der Waals surface area contributed by atoms with Crippen LogP contribution in [-0.4, -0.2) is 51.1 Å². The number of aromatic hydroxyl groups is 2. The van der Waals surface area contributed by atoms with E-state index in [9.17, 15) is 10.2 Å². The van der Waals surface area contributed by atoms with E-state index in [1.165, 1.54) is 0 Å². The molecule has 1 aromatic heterocycles. The Hall–Kier alpha value is -2.06. The number of halogens is 1. The van der Waals surface area contributed by atoms with E-state index < -0.39 is 0 Å². The van der Waals surface area contributed by atoms with Crippen molar-refractivity contribution in [1.29, 1.82) is 0 Å². The normalized spacial score (nSPS) is 16.7. The van der Waals surface area contributed by atoms with Gasteiger partial charge >= 0.3 is 0 Å². The van der Waals surface area contributed by atoms with E-state index in [4.69, 9.17) is 0 Å². The predicted octanol–water partition coefficient (Wildman–Crippen LogP) is 0.459. The van der Waals surface area contributed by atoms with Crippen LogP contribution in [0.5, 0.6) is 11.5 Å². The van der Waals surface area contributed by atoms with Gasteiger partial charge in [0.25, 0.3) is 0 Å². The average Bonchev–Trinajstić information content (AvgIpc) is 2.89. The molecular formula is C13H19ClN6O2. The Bertz CT molecular complexity index is 660. The van der Waals surface area contributed by atoms with Crippen molar-refractivity contribution < 1.29 is 10.2 Å². The number of nitrogens with one attached hydrogen (secondary N) is 1. The third-order valence-corrected chi connectivity index (χ3v) is 3.67. The Labute approximate surface area is 134 Å². The van der Waals surface area contributed by atoms with Gasteiger partial charge in [0.15, 0.2) is 11.5 Å². The topological polar surface area (TPSA) is 99.3 Å². The van der Waals surface area contributed by atoms with Crippen LogP contribution in [0.1, 0.15) is 17.2 Å². The monoisotopic (exact) mass is 326 g/mol. The summed E-state index contributed by atoms with van der Waals surface area (Å²) < 4.78 is 1.72. The van der Waals surface area contributed by atoms with Gasteiger partial charge in [-0.3, -0.25) is 0 Å². The van der Waals surface area contributed by atoms with Crippen LogP contribution in [0, 0.1) is 0 Å². The lowest BCUT2D eigenvalue weighted by atomic mass is 9.93. The minimum absolute atomic E-state index is 0. The highest BCUT2D eigenvalue weighted by Gasteiger charge is 2.23. The Morgan fingerprint density at radius 2 is 2.05 bits per heavy atom. The number of aromatic nitrogens is 4. The summed E-state index contributed by atoms with van der Waals surface area (Å²) >= 11 is 0. The van der Waals surface area contributed by atoms with E-state index in [1.54, 1.807) is 16.8 Å². The molecule has 0 aliphatic carbocycles. The Balaban J connectivity index is 0.00000176. The van der Waals surface area contributed by atoms with Gasteiger partial charge in [0.05, 0.1) is 12.6 Å². The predicted molar refractivity (Wildman–Crippen MR) is 83.6 cm³/mol. The summed E-state index contributed by atoms with van der Waals surface area (Å²) in [5.74, 6) is 0.490. The van der Waals surface area contributed by atoms with Crippen LogP contribution in [0.25, 0.3) is 0 Å². The fraction of sp³-hybridized carbons (Fsp3) is 0.462. The number of hydrogen-bond donors (Lipinski definition) is 3. The zero-order valence-corrected chi connectivity index (χ0v) is 13.2. The zero-order valence-electron chi connectivity index (χ0n) is 12.4. The number of rotatable bonds is 3. The smallest absolute Gasteiger partial charge is 0.245 e. The van der Waals surface area contributed by atoms with E-state index in [-0.39, 0.29) is 29.9 Å². The highest BCUT2D eigenvalue weighted by atomic mass is 35.5. The second-order valence-electron chi connectivity index (χ2n) is 5.35. The molecule has 0 fully saturated rings. The molecule has 1 atom stereocenters. The third-order valence-electron chi connectivity index (χ3n) is 3.67. The van der Waals surface area contributed by atoms with Crippen molar-refractivity contribution in [3.63, 3.8) is 0 Å². The first-order valence-corrected chi connectivity index (χ1v) is 6.78. The lowest BCUT2D eigenvalue weighted by Crippen LogP contribution is -2.33. The van der Waals surface area contributed by atoms with Gasteiger partial charge in [-0.2, -0.15) is 0 Å². The number of anilines is 1. The van der Waals surface area contributed by atoms with Gasteiger partial charge < -0.3 is 20.4 Å². The molecule has 0 saturated carbocycles. The van der Waals surface area contributed by atoms with Crippen molar-refractivity contribution in [1.82, 2.24) is 25.5 Å². The summed E-state index contributed by atoms with van der Waals surface area (Å²) in [6, 6.07) is 3.23. The molecule has 0 saturated heterocycles. The molecule has 3 rings (SSSR count). The molecule has 1 aromatic carbocycles. The molecule has 8 nitrogen and oxygen atoms in total. The lowest BCUT2D eigenvalue weighted by molar-refractivity contribution is 0.389. The summed E-state index contributed by atoms with van der Waals surface area (Å²) in [6.07, 6.45) is 0.815. The van der Waals surface area contributed by atoms with Crippen molar-refractivity contribution in [2.24, 2.45) is 0 Å². The molecule has 2 aromatic rings. The number of phenolic OH excluding ortho intramolecular Hbond substituents is 2. The number of benzene rings is 1. The Kier molecular flexibility index (Phi) is 4.72. The second-order valence-corrected chi connectivity index (χ2v) is 5.35. The molecule has 9 heteroatoms. The molecule has 2 heterocycles. The SMILES string of the molecule is CN(C)c1nnnn1CC1NCCc2cc(O)c(O)cc21.Cl. The third kappa shape index (κ3) is 2.93. The fourth-order valence-electron chi connectivity index (χ4n) is 2.64. The van der Waals surface area contributed by atoms with Crippen LogP contribution in [0.3, 0.4) is 0 Å². The first-order chi connectivity index (χ1) is 10.1. The van der Waals surface area contributed by atoms with Crippen molar-refractivity contribution in [2.45, 2.75) is 19.0 Å². The zero-order chi connectivity index (χ0) is 15.0. The Morgan fingerprint density at radius 1 is 1.32 bits per heavy atom. The van der Waals surface area contributed by atoms with E-state index in [2.05, 4.69) is 20.8 Å². The molecule has 1 unspecified atom stereocenters. The summed E-state index contributed by atoms with van der Waals surface area (Å²) in [7, 11) is 3.77. The van der Waals surface area contributed by atoms with Crippen molar-refractivity contribution in [3.8, 4) is 11.5 Å². The summed E-state index contributed by atoms with van der Waals surface area (Å²) in [4.78, 5) is 1.85. The first-order valence-electron chi connectivity index (χ1n) is 6.78. The number of tetrazole rings is 1. The first kappa shape index (κ1) is 16.3. The van der Waals surface area contributed by atoms with Gasteiger partial charge in [0.1, 0.15) is 0 Å². The molecule has 120 valence electrons. The van der Waals surface area contributed by atoms with Crippen molar-refractivity contribution in [2.75, 3.05) is 25.5 Å². The van der Waals surface area contributed by atoms with Crippen LogP contribution in [-0.2, 0) is 13.0 Å². The van der Waals surface area contributed by atoms with Gasteiger partial charge in [-0.05, 0) is 46.7 Å². The largest absolute Gasteiger partial charge is 0.504 e. The lowest BCUT2D eigenvalue weighted by Gasteiger charge is -2.27. The van der Waals surface area contributed by atoms with E-state index in [1.807, 2.05) is 19.0 Å². The molecule has 22 heavy (non-hydrogen) atoms. The van der Waals surface area contributed by atoms with Crippen LogP contribution in [0.2, 0.25) is 0 Å². The van der Waals surface area contributed by atoms with Crippen LogP contribution < -0.4 is 10.2 Å². The fourth-order valence-corrected chi connectivity index (χ4v) is 2.64. The Morgan fingerprint density at radius 3 is 2.77 bits per heavy atom. The highest BCUT2D eigenvalue weighted by Crippen LogP contribution is 2.34. The minimum atomic E-state index is -0.105. The summed E-state index contributed by atoms with van der Waals surface area (Å²) in [5.41, 5.74) is 2.00. The molecular weight excluding hydrogens is 308 g/mol. The van der Waals surface area contributed by atoms with Gasteiger partial charge in [0, 0.05) is 14.1 Å². The molecule has 1 aliphatic rings. The molecule has 1 aliphatic heterocycles. The average molecular weight is 327 g/mol. The van der Waals surface area contributed by atoms with Crippen molar-refractivity contribution in [3.05, 3.63) is 23.3 Å². The molecule has 3 N–H and O–H groups in total. The standard InChI is InChI=1S/C13H18N6O2.ClH/c1-18(2)13-15-16-17-19(13)7-10-9-6-12(21)11(20)5-8(9)3-4-14-10;/h5-6,10,14,20-21H,3-4,7H2,1-2H3;1H. The van der Waals surface area contributed by atoms with Crippen LogP contribution >= 0.6 is 12.4 Å². The summed E-state index contributed by atoms with van der Waals surface area (Å²) in [6.45, 7) is 1.36. The van der Waals surface area contributed by atoms with E-state index in [0.29, 0.717) is 12.5 Å². The maximum atomic E-state index is 9.73. The maximum absolute atomic E-state index is 9.73. The van der Waals surface area contributed by atoms with Gasteiger partial charge in [-0.1, -0.05) is 5.10 Å². The molecule has 0 bridgehead atoms. The quantitative estimate of drug-likeness (QED) is 0.705. The van der Waals surface area contributed by atoms with Gasteiger partial charge in [-0.25, -0.2) is 4.68 Å².